The van der Waals surface area contributed by atoms with Gasteiger partial charge in [0.25, 0.3) is 0 Å². The maximum atomic E-state index is 13.1. The monoisotopic (exact) mass is 374 g/mol. The van der Waals surface area contributed by atoms with E-state index in [4.69, 9.17) is 4.42 Å². The maximum absolute atomic E-state index is 13.1. The van der Waals surface area contributed by atoms with Crippen LogP contribution in [0.25, 0.3) is 11.0 Å². The molecule has 0 atom stereocenters. The van der Waals surface area contributed by atoms with Crippen LogP contribution in [-0.2, 0) is 0 Å². The van der Waals surface area contributed by atoms with Crippen molar-refractivity contribution in [3.05, 3.63) is 80.7 Å². The number of benzene rings is 2. The van der Waals surface area contributed by atoms with Gasteiger partial charge in [-0.25, -0.2) is 0 Å². The Balaban J connectivity index is 1.70. The minimum Gasteiger partial charge on any atom is -0.460 e. The van der Waals surface area contributed by atoms with Crippen molar-refractivity contribution in [1.82, 2.24) is 0 Å². The molecular formula is C26H30O2. The molecule has 0 radical (unpaired) electrons. The fourth-order valence-electron chi connectivity index (χ4n) is 4.82. The molecule has 146 valence electrons. The highest BCUT2D eigenvalue weighted by atomic mass is 16.3. The van der Waals surface area contributed by atoms with Gasteiger partial charge in [0, 0.05) is 11.5 Å². The van der Waals surface area contributed by atoms with Gasteiger partial charge in [0.2, 0.25) is 0 Å². The molecule has 0 amide bonds. The fourth-order valence-corrected chi connectivity index (χ4v) is 4.82. The summed E-state index contributed by atoms with van der Waals surface area (Å²) in [6.07, 6.45) is 4.47. The van der Waals surface area contributed by atoms with Gasteiger partial charge in [-0.05, 0) is 74.1 Å². The molecule has 1 aliphatic carbocycles. The third kappa shape index (κ3) is 3.41. The Hall–Kier alpha value is -2.35. The molecule has 4 rings (SSSR count). The summed E-state index contributed by atoms with van der Waals surface area (Å²) in [6.45, 7) is 8.33. The minimum absolute atomic E-state index is 0.145. The fraction of sp³-hybridized carbons (Fsp3) is 0.423. The molecule has 1 saturated carbocycles. The first-order chi connectivity index (χ1) is 13.5. The van der Waals surface area contributed by atoms with Crippen LogP contribution in [-0.4, -0.2) is 0 Å². The van der Waals surface area contributed by atoms with Crippen molar-refractivity contribution in [2.45, 2.75) is 71.1 Å². The van der Waals surface area contributed by atoms with Crippen molar-refractivity contribution in [1.29, 1.82) is 0 Å². The largest absolute Gasteiger partial charge is 0.460 e. The molecule has 0 bridgehead atoms. The van der Waals surface area contributed by atoms with Gasteiger partial charge >= 0.3 is 0 Å². The summed E-state index contributed by atoms with van der Waals surface area (Å²) in [5, 5.41) is 0.739. The zero-order valence-corrected chi connectivity index (χ0v) is 17.4. The first-order valence-corrected chi connectivity index (χ1v) is 10.6. The molecule has 0 saturated heterocycles. The topological polar surface area (TPSA) is 30.2 Å². The van der Waals surface area contributed by atoms with Crippen molar-refractivity contribution >= 4 is 11.0 Å². The lowest BCUT2D eigenvalue weighted by molar-refractivity contribution is 0.348. The van der Waals surface area contributed by atoms with Crippen LogP contribution in [0.3, 0.4) is 0 Å². The van der Waals surface area contributed by atoms with E-state index >= 15 is 0 Å². The predicted octanol–water partition coefficient (Wildman–Crippen LogP) is 6.97. The van der Waals surface area contributed by atoms with E-state index in [-0.39, 0.29) is 5.43 Å². The van der Waals surface area contributed by atoms with E-state index in [0.717, 1.165) is 59.1 Å². The van der Waals surface area contributed by atoms with E-state index < -0.39 is 0 Å². The van der Waals surface area contributed by atoms with Crippen LogP contribution >= 0.6 is 0 Å². The molecule has 3 aromatic rings. The van der Waals surface area contributed by atoms with Crippen LogP contribution < -0.4 is 5.43 Å². The smallest absolute Gasteiger partial charge is 0.195 e. The van der Waals surface area contributed by atoms with Crippen molar-refractivity contribution in [2.24, 2.45) is 0 Å². The van der Waals surface area contributed by atoms with Gasteiger partial charge in [-0.15, -0.1) is 0 Å². The number of hydrogen-bond donors (Lipinski definition) is 0. The van der Waals surface area contributed by atoms with Gasteiger partial charge in [0.1, 0.15) is 11.3 Å². The Labute approximate surface area is 167 Å². The Morgan fingerprint density at radius 1 is 0.929 bits per heavy atom. The highest BCUT2D eigenvalue weighted by Gasteiger charge is 2.28. The molecule has 0 aliphatic heterocycles. The van der Waals surface area contributed by atoms with E-state index in [1.54, 1.807) is 0 Å². The highest BCUT2D eigenvalue weighted by molar-refractivity contribution is 5.82. The second kappa shape index (κ2) is 7.58. The first-order valence-electron chi connectivity index (χ1n) is 10.6. The minimum atomic E-state index is 0.145. The zero-order valence-electron chi connectivity index (χ0n) is 17.4. The molecule has 1 aliphatic rings. The van der Waals surface area contributed by atoms with Crippen molar-refractivity contribution < 1.29 is 4.42 Å². The van der Waals surface area contributed by atoms with Gasteiger partial charge < -0.3 is 4.42 Å². The van der Waals surface area contributed by atoms with Crippen molar-refractivity contribution in [2.75, 3.05) is 0 Å². The number of aryl methyl sites for hydroxylation is 1. The highest BCUT2D eigenvalue weighted by Crippen LogP contribution is 2.42. The van der Waals surface area contributed by atoms with Crippen molar-refractivity contribution in [3.8, 4) is 0 Å². The van der Waals surface area contributed by atoms with Crippen LogP contribution in [0, 0.1) is 13.8 Å². The molecule has 2 aromatic carbocycles. The first kappa shape index (κ1) is 19.0. The summed E-state index contributed by atoms with van der Waals surface area (Å²) in [7, 11) is 0. The molecule has 0 N–H and O–H groups in total. The average molecular weight is 375 g/mol. The summed E-state index contributed by atoms with van der Waals surface area (Å²) in [5.74, 6) is 2.22. The molecule has 1 fully saturated rings. The average Bonchev–Trinajstić information content (AvgIpc) is 2.71. The third-order valence-electron chi connectivity index (χ3n) is 6.42. The zero-order chi connectivity index (χ0) is 19.8. The lowest BCUT2D eigenvalue weighted by Gasteiger charge is -2.29. The third-order valence-corrected chi connectivity index (χ3v) is 6.42. The van der Waals surface area contributed by atoms with Crippen LogP contribution in [0.5, 0.6) is 0 Å². The second-order valence-corrected chi connectivity index (χ2v) is 8.77. The summed E-state index contributed by atoms with van der Waals surface area (Å²) in [6, 6.07) is 15.0. The van der Waals surface area contributed by atoms with Gasteiger partial charge in [-0.2, -0.15) is 0 Å². The molecule has 0 spiro atoms. The van der Waals surface area contributed by atoms with E-state index in [2.05, 4.69) is 57.2 Å². The molecule has 28 heavy (non-hydrogen) atoms. The van der Waals surface area contributed by atoms with E-state index in [1.165, 1.54) is 5.56 Å². The standard InChI is InChI=1S/C26H30O2/c1-16(2)22-14-17(3)15-23-24(27)18(4)25(28-26(22)23)21-12-10-20(11-13-21)19-8-6-5-7-9-19/h5-9,14-16,20-21H,10-13H2,1-4H3. The SMILES string of the molecule is Cc1cc(C(C)C)c2oc(C3CCC(c4ccccc4)CC3)c(C)c(=O)c2c1. The Morgan fingerprint density at radius 3 is 2.21 bits per heavy atom. The van der Waals surface area contributed by atoms with Gasteiger partial charge in [-0.1, -0.05) is 50.2 Å². The quantitative estimate of drug-likeness (QED) is 0.495. The van der Waals surface area contributed by atoms with Crippen LogP contribution in [0.2, 0.25) is 0 Å². The summed E-state index contributed by atoms with van der Waals surface area (Å²) < 4.78 is 6.50. The number of hydrogen-bond acceptors (Lipinski definition) is 2. The van der Waals surface area contributed by atoms with E-state index in [9.17, 15) is 4.79 Å². The normalized spacial score (nSPS) is 20.0. The molecular weight excluding hydrogens is 344 g/mol. The van der Waals surface area contributed by atoms with Crippen LogP contribution in [0.15, 0.2) is 51.7 Å². The van der Waals surface area contributed by atoms with Crippen molar-refractivity contribution in [3.63, 3.8) is 0 Å². The predicted molar refractivity (Wildman–Crippen MR) is 116 cm³/mol. The lowest BCUT2D eigenvalue weighted by atomic mass is 9.77. The Morgan fingerprint density at radius 2 is 1.57 bits per heavy atom. The van der Waals surface area contributed by atoms with E-state index in [1.807, 2.05) is 13.0 Å². The molecule has 2 nitrogen and oxygen atoms in total. The Kier molecular flexibility index (Phi) is 5.14. The summed E-state index contributed by atoms with van der Waals surface area (Å²) in [5.41, 5.74) is 5.46. The summed E-state index contributed by atoms with van der Waals surface area (Å²) >= 11 is 0. The molecule has 0 unspecified atom stereocenters. The van der Waals surface area contributed by atoms with Crippen LogP contribution in [0.1, 0.15) is 85.3 Å². The maximum Gasteiger partial charge on any atom is 0.195 e. The van der Waals surface area contributed by atoms with Crippen LogP contribution in [0.4, 0.5) is 0 Å². The molecule has 1 aromatic heterocycles. The van der Waals surface area contributed by atoms with Gasteiger partial charge in [-0.3, -0.25) is 4.79 Å². The summed E-state index contributed by atoms with van der Waals surface area (Å²) in [4.78, 5) is 13.1. The van der Waals surface area contributed by atoms with Gasteiger partial charge in [0.15, 0.2) is 5.43 Å². The van der Waals surface area contributed by atoms with E-state index in [0.29, 0.717) is 17.8 Å². The molecule has 2 heteroatoms. The molecule has 1 heterocycles. The lowest BCUT2D eigenvalue weighted by Crippen LogP contribution is -2.17. The second-order valence-electron chi connectivity index (χ2n) is 8.77. The Bertz CT molecular complexity index is 1040. The number of rotatable bonds is 3. The van der Waals surface area contributed by atoms with Gasteiger partial charge in [0.05, 0.1) is 5.39 Å². The number of fused-ring (bicyclic) bond motifs is 1.